The van der Waals surface area contributed by atoms with E-state index in [1.165, 1.54) is 7.11 Å². The van der Waals surface area contributed by atoms with Crippen LogP contribution in [0.1, 0.15) is 11.6 Å². The van der Waals surface area contributed by atoms with E-state index in [-0.39, 0.29) is 18.6 Å². The zero-order valence-electron chi connectivity index (χ0n) is 10.8. The lowest BCUT2D eigenvalue weighted by atomic mass is 10.1. The Balaban J connectivity index is 2.11. The van der Waals surface area contributed by atoms with Gasteiger partial charge in [-0.1, -0.05) is 30.3 Å². The topological polar surface area (TPSA) is 56.1 Å². The molecule has 100 valence electrons. The third-order valence-electron chi connectivity index (χ3n) is 2.77. The van der Waals surface area contributed by atoms with E-state index in [2.05, 4.69) is 10.3 Å². The molecule has 1 amide bonds. The van der Waals surface area contributed by atoms with Crippen LogP contribution in [0, 0.1) is 0 Å². The van der Waals surface area contributed by atoms with Crippen LogP contribution in [0.15, 0.2) is 49.1 Å². The van der Waals surface area contributed by atoms with Crippen molar-refractivity contribution in [3.8, 4) is 0 Å². The summed E-state index contributed by atoms with van der Waals surface area (Å²) < 4.78 is 6.78. The molecule has 19 heavy (non-hydrogen) atoms. The van der Waals surface area contributed by atoms with Crippen molar-refractivity contribution in [3.05, 3.63) is 54.6 Å². The maximum absolute atomic E-state index is 11.7. The van der Waals surface area contributed by atoms with Crippen LogP contribution in [-0.4, -0.2) is 29.2 Å². The highest BCUT2D eigenvalue weighted by molar-refractivity contribution is 5.77. The fourth-order valence-corrected chi connectivity index (χ4v) is 1.89. The lowest BCUT2D eigenvalue weighted by Crippen LogP contribution is -2.33. The van der Waals surface area contributed by atoms with Crippen LogP contribution in [0.5, 0.6) is 0 Å². The van der Waals surface area contributed by atoms with Crippen molar-refractivity contribution in [1.29, 1.82) is 0 Å². The van der Waals surface area contributed by atoms with Gasteiger partial charge in [-0.05, 0) is 5.56 Å². The Morgan fingerprint density at radius 2 is 2.21 bits per heavy atom. The molecule has 1 unspecified atom stereocenters. The van der Waals surface area contributed by atoms with Crippen molar-refractivity contribution in [3.63, 3.8) is 0 Å². The normalized spacial score (nSPS) is 12.1. The molecule has 0 radical (unpaired) electrons. The second kappa shape index (κ2) is 6.70. The average Bonchev–Trinajstić information content (AvgIpc) is 2.92. The molecule has 2 aromatic rings. The van der Waals surface area contributed by atoms with Gasteiger partial charge in [-0.25, -0.2) is 4.98 Å². The number of hydrogen-bond donors (Lipinski definition) is 1. The summed E-state index contributed by atoms with van der Waals surface area (Å²) in [4.78, 5) is 15.7. The highest BCUT2D eigenvalue weighted by Crippen LogP contribution is 2.14. The SMILES string of the molecule is COCC(=O)NC(Cn1ccnc1)c1ccccc1. The second-order valence-corrected chi connectivity index (χ2v) is 4.22. The highest BCUT2D eigenvalue weighted by atomic mass is 16.5. The Kier molecular flexibility index (Phi) is 4.69. The number of ether oxygens (including phenoxy) is 1. The molecule has 5 heteroatoms. The first-order chi connectivity index (χ1) is 9.29. The lowest BCUT2D eigenvalue weighted by molar-refractivity contribution is -0.125. The summed E-state index contributed by atoms with van der Waals surface area (Å²) in [5, 5.41) is 2.96. The molecular weight excluding hydrogens is 242 g/mol. The Labute approximate surface area is 112 Å². The number of aromatic nitrogens is 2. The molecule has 0 aliphatic carbocycles. The van der Waals surface area contributed by atoms with E-state index in [9.17, 15) is 4.79 Å². The fourth-order valence-electron chi connectivity index (χ4n) is 1.89. The number of hydrogen-bond acceptors (Lipinski definition) is 3. The largest absolute Gasteiger partial charge is 0.375 e. The molecule has 0 aliphatic heterocycles. The number of carbonyl (C=O) groups excluding carboxylic acids is 1. The van der Waals surface area contributed by atoms with Gasteiger partial charge in [0.05, 0.1) is 12.4 Å². The van der Waals surface area contributed by atoms with Crippen LogP contribution < -0.4 is 5.32 Å². The maximum Gasteiger partial charge on any atom is 0.246 e. The smallest absolute Gasteiger partial charge is 0.246 e. The van der Waals surface area contributed by atoms with Crippen molar-refractivity contribution < 1.29 is 9.53 Å². The summed E-state index contributed by atoms with van der Waals surface area (Å²) in [7, 11) is 1.51. The van der Waals surface area contributed by atoms with E-state index in [4.69, 9.17) is 4.74 Å². The predicted octanol–water partition coefficient (Wildman–Crippen LogP) is 1.39. The summed E-state index contributed by atoms with van der Waals surface area (Å²) in [6, 6.07) is 9.76. The Morgan fingerprint density at radius 1 is 1.42 bits per heavy atom. The fraction of sp³-hybridized carbons (Fsp3) is 0.286. The summed E-state index contributed by atoms with van der Waals surface area (Å²) in [5.41, 5.74) is 1.06. The summed E-state index contributed by atoms with van der Waals surface area (Å²) >= 11 is 0. The number of nitrogens with one attached hydrogen (secondary N) is 1. The molecule has 0 saturated carbocycles. The van der Waals surface area contributed by atoms with E-state index < -0.39 is 0 Å². The molecule has 2 rings (SSSR count). The van der Waals surface area contributed by atoms with Gasteiger partial charge in [0, 0.05) is 26.0 Å². The number of methoxy groups -OCH3 is 1. The molecule has 1 heterocycles. The molecule has 5 nitrogen and oxygen atoms in total. The third-order valence-corrected chi connectivity index (χ3v) is 2.77. The monoisotopic (exact) mass is 259 g/mol. The number of nitrogens with zero attached hydrogens (tertiary/aromatic N) is 2. The van der Waals surface area contributed by atoms with Gasteiger partial charge in [0.1, 0.15) is 6.61 Å². The van der Waals surface area contributed by atoms with Crippen LogP contribution in [0.3, 0.4) is 0 Å². The summed E-state index contributed by atoms with van der Waals surface area (Å²) in [5.74, 6) is -0.128. The maximum atomic E-state index is 11.7. The Hall–Kier alpha value is -2.14. The Bertz CT molecular complexity index is 497. The predicted molar refractivity (Wildman–Crippen MR) is 71.4 cm³/mol. The lowest BCUT2D eigenvalue weighted by Gasteiger charge is -2.19. The standard InChI is InChI=1S/C14H17N3O2/c1-19-10-14(18)16-13(9-17-8-7-15-11-17)12-5-3-2-4-6-12/h2-8,11,13H,9-10H2,1H3,(H,16,18). The van der Waals surface area contributed by atoms with Crippen molar-refractivity contribution >= 4 is 5.91 Å². The van der Waals surface area contributed by atoms with Crippen molar-refractivity contribution in [2.75, 3.05) is 13.7 Å². The van der Waals surface area contributed by atoms with Crippen molar-refractivity contribution in [1.82, 2.24) is 14.9 Å². The zero-order valence-corrected chi connectivity index (χ0v) is 10.8. The van der Waals surface area contributed by atoms with E-state index in [0.29, 0.717) is 6.54 Å². The molecule has 0 bridgehead atoms. The molecule has 1 N–H and O–H groups in total. The van der Waals surface area contributed by atoms with Gasteiger partial charge in [0.2, 0.25) is 5.91 Å². The first kappa shape index (κ1) is 13.3. The Morgan fingerprint density at radius 3 is 2.84 bits per heavy atom. The van der Waals surface area contributed by atoms with Crippen LogP contribution in [0.4, 0.5) is 0 Å². The molecule has 0 fully saturated rings. The van der Waals surface area contributed by atoms with Crippen LogP contribution >= 0.6 is 0 Å². The zero-order chi connectivity index (χ0) is 13.5. The minimum atomic E-state index is -0.128. The van der Waals surface area contributed by atoms with E-state index in [1.54, 1.807) is 12.5 Å². The number of rotatable bonds is 6. The summed E-state index contributed by atoms with van der Waals surface area (Å²) in [6.45, 7) is 0.701. The van der Waals surface area contributed by atoms with Crippen molar-refractivity contribution in [2.45, 2.75) is 12.6 Å². The molecule has 1 aromatic heterocycles. The van der Waals surface area contributed by atoms with Gasteiger partial charge in [-0.3, -0.25) is 4.79 Å². The number of imidazole rings is 1. The van der Waals surface area contributed by atoms with Gasteiger partial charge in [-0.15, -0.1) is 0 Å². The van der Waals surface area contributed by atoms with E-state index in [1.807, 2.05) is 41.1 Å². The van der Waals surface area contributed by atoms with Gasteiger partial charge in [-0.2, -0.15) is 0 Å². The van der Waals surface area contributed by atoms with Crippen LogP contribution in [0.2, 0.25) is 0 Å². The number of carbonyl (C=O) groups is 1. The first-order valence-corrected chi connectivity index (χ1v) is 6.08. The molecule has 0 aliphatic rings. The molecule has 1 atom stereocenters. The average molecular weight is 259 g/mol. The number of benzene rings is 1. The number of amides is 1. The highest BCUT2D eigenvalue weighted by Gasteiger charge is 2.14. The van der Waals surface area contributed by atoms with Crippen LogP contribution in [-0.2, 0) is 16.1 Å². The van der Waals surface area contributed by atoms with E-state index >= 15 is 0 Å². The quantitative estimate of drug-likeness (QED) is 0.853. The van der Waals surface area contributed by atoms with Gasteiger partial charge < -0.3 is 14.6 Å². The molecule has 1 aromatic carbocycles. The molecular formula is C14H17N3O2. The van der Waals surface area contributed by atoms with Gasteiger partial charge in [0.15, 0.2) is 0 Å². The minimum absolute atomic E-state index is 0.0628. The molecule has 0 saturated heterocycles. The third kappa shape index (κ3) is 3.93. The van der Waals surface area contributed by atoms with Gasteiger partial charge in [0.25, 0.3) is 0 Å². The minimum Gasteiger partial charge on any atom is -0.375 e. The second-order valence-electron chi connectivity index (χ2n) is 4.22. The van der Waals surface area contributed by atoms with E-state index in [0.717, 1.165) is 5.56 Å². The van der Waals surface area contributed by atoms with Gasteiger partial charge >= 0.3 is 0 Å². The summed E-state index contributed by atoms with van der Waals surface area (Å²) in [6.07, 6.45) is 5.33. The molecule has 0 spiro atoms. The van der Waals surface area contributed by atoms with Crippen molar-refractivity contribution in [2.24, 2.45) is 0 Å². The van der Waals surface area contributed by atoms with Crippen LogP contribution in [0.25, 0.3) is 0 Å². The first-order valence-electron chi connectivity index (χ1n) is 6.08.